The maximum absolute atomic E-state index is 11.9. The van der Waals surface area contributed by atoms with Gasteiger partial charge in [-0.1, -0.05) is 0 Å². The minimum absolute atomic E-state index is 0.0457. The van der Waals surface area contributed by atoms with Crippen LogP contribution in [0.15, 0.2) is 35.7 Å². The molecule has 20 heavy (non-hydrogen) atoms. The molecule has 108 valence electrons. The molecular formula is C9H7F3N4O3S. The van der Waals surface area contributed by atoms with Crippen LogP contribution in [0.4, 0.5) is 18.9 Å². The number of nitrogens with zero attached hydrogens (tertiary/aromatic N) is 2. The van der Waals surface area contributed by atoms with Gasteiger partial charge in [0.1, 0.15) is 12.1 Å². The second-order valence-corrected chi connectivity index (χ2v) is 5.04. The van der Waals surface area contributed by atoms with Crippen molar-refractivity contribution in [2.24, 2.45) is 0 Å². The number of aromatic amines is 1. The first-order valence-corrected chi connectivity index (χ1v) is 6.49. The molecule has 2 aromatic rings. The van der Waals surface area contributed by atoms with Gasteiger partial charge in [0.2, 0.25) is 0 Å². The van der Waals surface area contributed by atoms with Gasteiger partial charge in [-0.25, -0.2) is 4.98 Å². The summed E-state index contributed by atoms with van der Waals surface area (Å²) in [5.41, 5.74) is 0.0457. The van der Waals surface area contributed by atoms with Gasteiger partial charge in [0.15, 0.2) is 0 Å². The second kappa shape index (κ2) is 5.00. The van der Waals surface area contributed by atoms with E-state index in [0.29, 0.717) is 0 Å². The maximum Gasteiger partial charge on any atom is 0.573 e. The fraction of sp³-hybridized carbons (Fsp3) is 0.111. The van der Waals surface area contributed by atoms with Crippen molar-refractivity contribution in [2.45, 2.75) is 11.5 Å². The molecule has 1 aromatic carbocycles. The van der Waals surface area contributed by atoms with Gasteiger partial charge in [-0.2, -0.15) is 8.42 Å². The van der Waals surface area contributed by atoms with E-state index in [-0.39, 0.29) is 5.69 Å². The highest BCUT2D eigenvalue weighted by Crippen LogP contribution is 2.24. The molecule has 0 bridgehead atoms. The van der Waals surface area contributed by atoms with E-state index in [1.165, 1.54) is 0 Å². The molecule has 1 heterocycles. The molecule has 0 unspecified atom stereocenters. The van der Waals surface area contributed by atoms with E-state index in [2.05, 4.69) is 24.6 Å². The molecule has 0 fully saturated rings. The van der Waals surface area contributed by atoms with Crippen LogP contribution >= 0.6 is 0 Å². The normalized spacial score (nSPS) is 12.2. The zero-order valence-corrected chi connectivity index (χ0v) is 10.4. The monoisotopic (exact) mass is 308 g/mol. The molecule has 2 N–H and O–H groups in total. The van der Waals surface area contributed by atoms with Crippen LogP contribution in [-0.4, -0.2) is 30.0 Å². The lowest BCUT2D eigenvalue weighted by Crippen LogP contribution is -2.17. The first kappa shape index (κ1) is 14.1. The van der Waals surface area contributed by atoms with Gasteiger partial charge in [0.05, 0.1) is 0 Å². The molecular weight excluding hydrogens is 301 g/mol. The highest BCUT2D eigenvalue weighted by Gasteiger charge is 2.31. The number of H-pyrrole nitrogens is 1. The molecule has 0 saturated carbocycles. The average Bonchev–Trinajstić information content (AvgIpc) is 2.84. The highest BCUT2D eigenvalue weighted by molar-refractivity contribution is 7.92. The molecule has 2 rings (SSSR count). The number of alkyl halides is 3. The Morgan fingerprint density at radius 3 is 2.35 bits per heavy atom. The molecule has 1 aromatic heterocycles. The summed E-state index contributed by atoms with van der Waals surface area (Å²) in [6.45, 7) is 0. The number of aromatic nitrogens is 3. The smallest absolute Gasteiger partial charge is 0.406 e. The Morgan fingerprint density at radius 1 is 1.20 bits per heavy atom. The molecule has 0 radical (unpaired) electrons. The van der Waals surface area contributed by atoms with E-state index in [1.807, 2.05) is 0 Å². The Kier molecular flexibility index (Phi) is 3.53. The predicted molar refractivity (Wildman–Crippen MR) is 60.3 cm³/mol. The van der Waals surface area contributed by atoms with Crippen molar-refractivity contribution in [3.63, 3.8) is 0 Å². The van der Waals surface area contributed by atoms with Gasteiger partial charge >= 0.3 is 6.36 Å². The summed E-state index contributed by atoms with van der Waals surface area (Å²) in [4.78, 5) is 3.46. The number of sulfonamides is 1. The van der Waals surface area contributed by atoms with Gasteiger partial charge in [-0.05, 0) is 24.3 Å². The Labute approximate surface area is 110 Å². The fourth-order valence-electron chi connectivity index (χ4n) is 1.25. The topological polar surface area (TPSA) is 97.0 Å². The summed E-state index contributed by atoms with van der Waals surface area (Å²) in [5, 5.41) is 5.14. The van der Waals surface area contributed by atoms with Crippen molar-refractivity contribution >= 4 is 15.7 Å². The molecule has 11 heteroatoms. The Morgan fingerprint density at radius 2 is 1.85 bits per heavy atom. The molecule has 0 aliphatic carbocycles. The lowest BCUT2D eigenvalue weighted by Gasteiger charge is -2.09. The minimum Gasteiger partial charge on any atom is -0.406 e. The van der Waals surface area contributed by atoms with Gasteiger partial charge in [-0.3, -0.25) is 9.82 Å². The van der Waals surface area contributed by atoms with E-state index in [9.17, 15) is 21.6 Å². The molecule has 0 atom stereocenters. The van der Waals surface area contributed by atoms with Gasteiger partial charge in [0.25, 0.3) is 15.2 Å². The van der Waals surface area contributed by atoms with E-state index >= 15 is 0 Å². The Hall–Kier alpha value is -2.30. The van der Waals surface area contributed by atoms with Gasteiger partial charge in [-0.15, -0.1) is 18.3 Å². The summed E-state index contributed by atoms with van der Waals surface area (Å²) in [6, 6.07) is 4.18. The predicted octanol–water partition coefficient (Wildman–Crippen LogP) is 1.50. The molecule has 0 amide bonds. The van der Waals surface area contributed by atoms with E-state index in [1.54, 1.807) is 0 Å². The lowest BCUT2D eigenvalue weighted by molar-refractivity contribution is -0.274. The SMILES string of the molecule is O=S(=O)(Nc1ccc(OC(F)(F)F)cc1)c1nc[nH]n1. The van der Waals surface area contributed by atoms with Crippen LogP contribution in [0.5, 0.6) is 5.75 Å². The molecule has 0 aliphatic heterocycles. The largest absolute Gasteiger partial charge is 0.573 e. The third kappa shape index (κ3) is 3.60. The van der Waals surface area contributed by atoms with Crippen molar-refractivity contribution in [1.29, 1.82) is 0 Å². The van der Waals surface area contributed by atoms with Crippen LogP contribution in [0.2, 0.25) is 0 Å². The molecule has 0 aliphatic rings. The summed E-state index contributed by atoms with van der Waals surface area (Å²) < 4.78 is 65.0. The highest BCUT2D eigenvalue weighted by atomic mass is 32.2. The summed E-state index contributed by atoms with van der Waals surface area (Å²) in [7, 11) is -3.98. The van der Waals surface area contributed by atoms with Crippen molar-refractivity contribution in [3.8, 4) is 5.75 Å². The zero-order chi connectivity index (χ0) is 14.8. The summed E-state index contributed by atoms with van der Waals surface area (Å²) in [5.74, 6) is -0.460. The number of nitrogens with one attached hydrogen (secondary N) is 2. The third-order valence-corrected chi connectivity index (χ3v) is 3.16. The number of anilines is 1. The average molecular weight is 308 g/mol. The Balaban J connectivity index is 2.12. The zero-order valence-electron chi connectivity index (χ0n) is 9.55. The number of halogens is 3. The number of hydrogen-bond acceptors (Lipinski definition) is 5. The van der Waals surface area contributed by atoms with Crippen molar-refractivity contribution in [1.82, 2.24) is 15.2 Å². The first-order chi connectivity index (χ1) is 9.26. The van der Waals surface area contributed by atoms with Crippen LogP contribution in [0.1, 0.15) is 0 Å². The number of benzene rings is 1. The van der Waals surface area contributed by atoms with Crippen molar-refractivity contribution < 1.29 is 26.3 Å². The Bertz CT molecular complexity index is 667. The number of ether oxygens (including phenoxy) is 1. The van der Waals surface area contributed by atoms with Gasteiger partial charge in [0, 0.05) is 5.69 Å². The van der Waals surface area contributed by atoms with Crippen molar-refractivity contribution in [2.75, 3.05) is 4.72 Å². The lowest BCUT2D eigenvalue weighted by atomic mass is 10.3. The maximum atomic E-state index is 11.9. The van der Waals surface area contributed by atoms with Crippen LogP contribution in [0.3, 0.4) is 0 Å². The standard InChI is InChI=1S/C9H7F3N4O3S/c10-9(11,12)19-7-3-1-6(2-4-7)16-20(17,18)8-13-5-14-15-8/h1-5,16H,(H,13,14,15). The molecule has 0 spiro atoms. The fourth-order valence-corrected chi connectivity index (χ4v) is 2.15. The minimum atomic E-state index is -4.81. The second-order valence-electron chi connectivity index (χ2n) is 3.46. The molecule has 0 saturated heterocycles. The van der Waals surface area contributed by atoms with E-state index in [0.717, 1.165) is 30.6 Å². The number of hydrogen-bond donors (Lipinski definition) is 2. The van der Waals surface area contributed by atoms with Crippen LogP contribution in [0, 0.1) is 0 Å². The van der Waals surface area contributed by atoms with Crippen LogP contribution in [-0.2, 0) is 10.0 Å². The van der Waals surface area contributed by atoms with E-state index in [4.69, 9.17) is 0 Å². The van der Waals surface area contributed by atoms with E-state index < -0.39 is 27.3 Å². The van der Waals surface area contributed by atoms with Crippen LogP contribution in [0.25, 0.3) is 0 Å². The van der Waals surface area contributed by atoms with Crippen LogP contribution < -0.4 is 9.46 Å². The quantitative estimate of drug-likeness (QED) is 0.892. The summed E-state index contributed by atoms with van der Waals surface area (Å²) in [6.07, 6.45) is -3.73. The van der Waals surface area contributed by atoms with Crippen molar-refractivity contribution in [3.05, 3.63) is 30.6 Å². The first-order valence-electron chi connectivity index (χ1n) is 5.01. The summed E-state index contributed by atoms with van der Waals surface area (Å²) >= 11 is 0. The van der Waals surface area contributed by atoms with Gasteiger partial charge < -0.3 is 4.74 Å². The molecule has 7 nitrogen and oxygen atoms in total. The number of rotatable bonds is 4. The third-order valence-electron chi connectivity index (χ3n) is 1.97.